The highest BCUT2D eigenvalue weighted by atomic mass is 31.2. The first-order valence-corrected chi connectivity index (χ1v) is 20.9. The molecule has 3 atom stereocenters. The van der Waals surface area contributed by atoms with Gasteiger partial charge in [0.05, 0.1) is 13.2 Å². The lowest BCUT2D eigenvalue weighted by Crippen LogP contribution is -2.34. The quantitative estimate of drug-likeness (QED) is 0.0242. The van der Waals surface area contributed by atoms with Gasteiger partial charge in [-0.3, -0.25) is 23.4 Å². The number of aliphatic carboxylic acids is 1. The number of nitrogens with two attached hydrogens (primary N) is 1. The Kier molecular flexibility index (Phi) is 32.7. The van der Waals surface area contributed by atoms with Gasteiger partial charge in [-0.2, -0.15) is 0 Å². The third-order valence-electron chi connectivity index (χ3n) is 8.17. The average Bonchev–Trinajstić information content (AvgIpc) is 3.09. The van der Waals surface area contributed by atoms with E-state index in [1.165, 1.54) is 51.4 Å². The van der Waals surface area contributed by atoms with Gasteiger partial charge in [0.25, 0.3) is 0 Å². The molecule has 0 bridgehead atoms. The van der Waals surface area contributed by atoms with Crippen molar-refractivity contribution >= 4 is 25.7 Å². The summed E-state index contributed by atoms with van der Waals surface area (Å²) in [7, 11) is -4.71. The summed E-state index contributed by atoms with van der Waals surface area (Å²) in [6.45, 7) is 2.73. The molecule has 11 nitrogen and oxygen atoms in total. The zero-order valence-corrected chi connectivity index (χ0v) is 32.1. The van der Waals surface area contributed by atoms with Crippen LogP contribution >= 0.6 is 7.82 Å². The van der Waals surface area contributed by atoms with Gasteiger partial charge in [0, 0.05) is 12.8 Å². The predicted octanol–water partition coefficient (Wildman–Crippen LogP) is 9.50. The first-order valence-electron chi connectivity index (χ1n) is 19.4. The van der Waals surface area contributed by atoms with Crippen molar-refractivity contribution in [3.63, 3.8) is 0 Å². The third-order valence-corrected chi connectivity index (χ3v) is 9.12. The SMILES string of the molecule is CCCCC/C=C\CCCCCCCC(=O)O[C@H](COC(=O)CCCCCCC/C=C\CCCCCCC)COP(=O)(O)OC[C@H](N)C(=O)O. The molecule has 0 spiro atoms. The van der Waals surface area contributed by atoms with Crippen molar-refractivity contribution in [2.75, 3.05) is 19.8 Å². The molecule has 1 unspecified atom stereocenters. The molecular formula is C38H70NO10P. The fourth-order valence-electron chi connectivity index (χ4n) is 5.05. The zero-order chi connectivity index (χ0) is 37.1. The maximum Gasteiger partial charge on any atom is 0.472 e. The zero-order valence-electron chi connectivity index (χ0n) is 31.2. The van der Waals surface area contributed by atoms with Crippen LogP contribution in [-0.2, 0) is 37.5 Å². The molecule has 0 aromatic heterocycles. The van der Waals surface area contributed by atoms with Crippen molar-refractivity contribution in [2.45, 2.75) is 180 Å². The molecule has 0 aliphatic rings. The highest BCUT2D eigenvalue weighted by Gasteiger charge is 2.28. The molecule has 0 aliphatic carbocycles. The van der Waals surface area contributed by atoms with Crippen LogP contribution in [0.15, 0.2) is 24.3 Å². The number of hydrogen-bond acceptors (Lipinski definition) is 9. The van der Waals surface area contributed by atoms with Crippen LogP contribution in [0.5, 0.6) is 0 Å². The van der Waals surface area contributed by atoms with E-state index in [0.717, 1.165) is 77.0 Å². The molecule has 0 heterocycles. The van der Waals surface area contributed by atoms with Crippen LogP contribution < -0.4 is 5.73 Å². The number of carboxylic acid groups (broad SMARTS) is 1. The fourth-order valence-corrected chi connectivity index (χ4v) is 5.83. The van der Waals surface area contributed by atoms with Crippen LogP contribution in [0.3, 0.4) is 0 Å². The Morgan fingerprint density at radius 1 is 0.600 bits per heavy atom. The second kappa shape index (κ2) is 34.1. The van der Waals surface area contributed by atoms with Crippen molar-refractivity contribution in [1.82, 2.24) is 0 Å². The first-order chi connectivity index (χ1) is 24.1. The summed E-state index contributed by atoms with van der Waals surface area (Å²) >= 11 is 0. The molecule has 0 saturated carbocycles. The van der Waals surface area contributed by atoms with E-state index in [-0.39, 0.29) is 19.4 Å². The van der Waals surface area contributed by atoms with E-state index >= 15 is 0 Å². The predicted molar refractivity (Wildman–Crippen MR) is 199 cm³/mol. The van der Waals surface area contributed by atoms with Crippen molar-refractivity contribution in [3.8, 4) is 0 Å². The first kappa shape index (κ1) is 48.0. The lowest BCUT2D eigenvalue weighted by molar-refractivity contribution is -0.161. The van der Waals surface area contributed by atoms with Gasteiger partial charge in [0.1, 0.15) is 12.6 Å². The summed E-state index contributed by atoms with van der Waals surface area (Å²) in [5.41, 5.74) is 5.31. The highest BCUT2D eigenvalue weighted by Crippen LogP contribution is 2.43. The molecule has 4 N–H and O–H groups in total. The largest absolute Gasteiger partial charge is 0.480 e. The van der Waals surface area contributed by atoms with E-state index in [1.54, 1.807) is 0 Å². The molecule has 0 amide bonds. The Bertz CT molecular complexity index is 958. The second-order valence-corrected chi connectivity index (χ2v) is 14.5. The number of carboxylic acids is 1. The van der Waals surface area contributed by atoms with E-state index < -0.39 is 51.1 Å². The van der Waals surface area contributed by atoms with E-state index in [2.05, 4.69) is 42.7 Å². The van der Waals surface area contributed by atoms with Crippen LogP contribution in [0.1, 0.15) is 168 Å². The number of unbranched alkanes of at least 4 members (excludes halogenated alkanes) is 18. The molecule has 0 radical (unpaired) electrons. The van der Waals surface area contributed by atoms with Gasteiger partial charge < -0.3 is 25.2 Å². The van der Waals surface area contributed by atoms with E-state index in [0.29, 0.717) is 12.8 Å². The molecule has 0 rings (SSSR count). The molecule has 50 heavy (non-hydrogen) atoms. The number of allylic oxidation sites excluding steroid dienone is 4. The van der Waals surface area contributed by atoms with Gasteiger partial charge in [0.2, 0.25) is 0 Å². The van der Waals surface area contributed by atoms with E-state index in [4.69, 9.17) is 24.8 Å². The lowest BCUT2D eigenvalue weighted by atomic mass is 10.1. The smallest absolute Gasteiger partial charge is 0.472 e. The van der Waals surface area contributed by atoms with Crippen LogP contribution in [0.4, 0.5) is 0 Å². The number of hydrogen-bond donors (Lipinski definition) is 3. The van der Waals surface area contributed by atoms with Gasteiger partial charge >= 0.3 is 25.7 Å². The molecule has 0 aromatic rings. The van der Waals surface area contributed by atoms with Gasteiger partial charge in [-0.1, -0.05) is 115 Å². The minimum atomic E-state index is -4.71. The van der Waals surface area contributed by atoms with Crippen LogP contribution in [0.2, 0.25) is 0 Å². The third kappa shape index (κ3) is 33.1. The van der Waals surface area contributed by atoms with Crippen LogP contribution in [-0.4, -0.2) is 59.9 Å². The van der Waals surface area contributed by atoms with Gasteiger partial charge in [-0.25, -0.2) is 4.57 Å². The number of carbonyl (C=O) groups excluding carboxylic acids is 2. The number of rotatable bonds is 36. The topological polar surface area (TPSA) is 172 Å². The van der Waals surface area contributed by atoms with Gasteiger partial charge in [0.15, 0.2) is 6.10 Å². The molecule has 0 aliphatic heterocycles. The average molecular weight is 732 g/mol. The van der Waals surface area contributed by atoms with Crippen molar-refractivity contribution in [3.05, 3.63) is 24.3 Å². The number of esters is 2. The Balaban J connectivity index is 4.45. The van der Waals surface area contributed by atoms with E-state index in [1.807, 2.05) is 0 Å². The molecule has 0 saturated heterocycles. The van der Waals surface area contributed by atoms with E-state index in [9.17, 15) is 23.8 Å². The summed E-state index contributed by atoms with van der Waals surface area (Å²) in [4.78, 5) is 45.7. The Morgan fingerprint density at radius 3 is 1.50 bits per heavy atom. The van der Waals surface area contributed by atoms with Gasteiger partial charge in [-0.15, -0.1) is 0 Å². The number of phosphoric ester groups is 1. The standard InChI is InChI=1S/C38H70NO10P/c1-3-5-7-9-11-13-15-17-18-20-21-23-25-27-29-36(40)46-31-34(32-47-50(44,45)48-33-35(39)38(42)43)49-37(41)30-28-26-24-22-19-16-14-12-10-8-6-4-2/h12,14-15,17,34-35H,3-11,13,16,18-33,39H2,1-2H3,(H,42,43)(H,44,45)/b14-12-,17-15-/t34-,35+/m1/s1. The fraction of sp³-hybridized carbons (Fsp3) is 0.816. The molecule has 0 fully saturated rings. The minimum Gasteiger partial charge on any atom is -0.480 e. The summed E-state index contributed by atoms with van der Waals surface area (Å²) in [6, 6.07) is -1.52. The second-order valence-electron chi connectivity index (χ2n) is 13.1. The number of phosphoric acid groups is 1. The molecular weight excluding hydrogens is 661 g/mol. The van der Waals surface area contributed by atoms with Crippen molar-refractivity contribution in [1.29, 1.82) is 0 Å². The summed E-state index contributed by atoms with van der Waals surface area (Å²) in [5.74, 6) is -2.40. The lowest BCUT2D eigenvalue weighted by Gasteiger charge is -2.20. The van der Waals surface area contributed by atoms with Crippen molar-refractivity contribution in [2.24, 2.45) is 5.73 Å². The maximum absolute atomic E-state index is 12.5. The monoisotopic (exact) mass is 731 g/mol. The summed E-state index contributed by atoms with van der Waals surface area (Å²) in [6.07, 6.45) is 32.5. The normalized spacial score (nSPS) is 14.2. The molecule has 292 valence electrons. The van der Waals surface area contributed by atoms with Crippen LogP contribution in [0, 0.1) is 0 Å². The van der Waals surface area contributed by atoms with Crippen molar-refractivity contribution < 1.29 is 47.5 Å². The Labute approximate surface area is 302 Å². The summed E-state index contributed by atoms with van der Waals surface area (Å²) < 4.78 is 32.5. The van der Waals surface area contributed by atoms with Crippen LogP contribution in [0.25, 0.3) is 0 Å². The highest BCUT2D eigenvalue weighted by molar-refractivity contribution is 7.47. The Morgan fingerprint density at radius 2 is 1.00 bits per heavy atom. The number of ether oxygens (including phenoxy) is 2. The minimum absolute atomic E-state index is 0.150. The Hall–Kier alpha value is -2.04. The van der Waals surface area contributed by atoms with Gasteiger partial charge in [-0.05, 0) is 64.2 Å². The maximum atomic E-state index is 12.5. The molecule has 12 heteroatoms. The molecule has 0 aromatic carbocycles. The summed E-state index contributed by atoms with van der Waals surface area (Å²) in [5, 5.41) is 8.85. The number of carbonyl (C=O) groups is 3.